The van der Waals surface area contributed by atoms with Gasteiger partial charge in [0.2, 0.25) is 5.95 Å². The predicted octanol–water partition coefficient (Wildman–Crippen LogP) is 2.72. The van der Waals surface area contributed by atoms with Crippen LogP contribution in [0.2, 0.25) is 0 Å². The zero-order valence-electron chi connectivity index (χ0n) is 14.5. The van der Waals surface area contributed by atoms with E-state index in [1.165, 1.54) is 6.20 Å². The first kappa shape index (κ1) is 17.6. The zero-order chi connectivity index (χ0) is 17.9. The third-order valence-electron chi connectivity index (χ3n) is 4.82. The van der Waals surface area contributed by atoms with Crippen LogP contribution in [0.25, 0.3) is 0 Å². The fourth-order valence-corrected chi connectivity index (χ4v) is 3.40. The number of hydrogen-bond donors (Lipinski definition) is 1. The molecular formula is C19H23FN2O3. The molecule has 0 unspecified atom stereocenters. The van der Waals surface area contributed by atoms with Crippen molar-refractivity contribution >= 4 is 0 Å². The van der Waals surface area contributed by atoms with Gasteiger partial charge in [-0.25, -0.2) is 4.98 Å². The maximum atomic E-state index is 13.9. The molecule has 0 saturated carbocycles. The van der Waals surface area contributed by atoms with Gasteiger partial charge in [-0.3, -0.25) is 4.90 Å². The van der Waals surface area contributed by atoms with Crippen LogP contribution in [0.3, 0.4) is 0 Å². The number of nitrogens with zero attached hydrogens (tertiary/aromatic N) is 2. The van der Waals surface area contributed by atoms with Crippen LogP contribution < -0.4 is 9.47 Å². The molecule has 2 aromatic rings. The van der Waals surface area contributed by atoms with E-state index in [-0.39, 0.29) is 5.56 Å². The van der Waals surface area contributed by atoms with E-state index in [9.17, 15) is 9.50 Å². The molecule has 1 aromatic heterocycles. The van der Waals surface area contributed by atoms with Gasteiger partial charge >= 0.3 is 0 Å². The molecule has 0 bridgehead atoms. The molecule has 134 valence electrons. The average molecular weight is 346 g/mol. The van der Waals surface area contributed by atoms with Gasteiger partial charge in [0.1, 0.15) is 0 Å². The van der Waals surface area contributed by atoms with Crippen molar-refractivity contribution in [1.29, 1.82) is 0 Å². The Bertz CT molecular complexity index is 730. The highest BCUT2D eigenvalue weighted by Crippen LogP contribution is 2.36. The van der Waals surface area contributed by atoms with E-state index in [0.717, 1.165) is 11.3 Å². The third kappa shape index (κ3) is 3.60. The van der Waals surface area contributed by atoms with Crippen molar-refractivity contribution in [2.75, 3.05) is 27.3 Å². The molecule has 6 heteroatoms. The van der Waals surface area contributed by atoms with Crippen molar-refractivity contribution in [3.8, 4) is 11.5 Å². The first-order chi connectivity index (χ1) is 12.1. The van der Waals surface area contributed by atoms with Crippen LogP contribution in [-0.4, -0.2) is 42.3 Å². The van der Waals surface area contributed by atoms with Crippen LogP contribution in [0.5, 0.6) is 11.5 Å². The summed E-state index contributed by atoms with van der Waals surface area (Å²) in [7, 11) is 3.24. The molecule has 25 heavy (non-hydrogen) atoms. The SMILES string of the molecule is COc1cccc(CN2CCC(O)(c3cccnc3F)CC2)c1OC. The van der Waals surface area contributed by atoms with Crippen molar-refractivity contribution in [2.45, 2.75) is 25.0 Å². The lowest BCUT2D eigenvalue weighted by molar-refractivity contribution is -0.0309. The second kappa shape index (κ2) is 7.37. The zero-order valence-corrected chi connectivity index (χ0v) is 14.5. The molecule has 1 saturated heterocycles. The molecule has 1 aromatic carbocycles. The van der Waals surface area contributed by atoms with Crippen LogP contribution in [-0.2, 0) is 12.1 Å². The second-order valence-corrected chi connectivity index (χ2v) is 6.30. The van der Waals surface area contributed by atoms with E-state index < -0.39 is 11.5 Å². The maximum Gasteiger partial charge on any atom is 0.218 e. The number of aromatic nitrogens is 1. The summed E-state index contributed by atoms with van der Waals surface area (Å²) in [6, 6.07) is 9.07. The smallest absolute Gasteiger partial charge is 0.218 e. The van der Waals surface area contributed by atoms with Crippen molar-refractivity contribution in [3.05, 3.63) is 53.6 Å². The first-order valence-corrected chi connectivity index (χ1v) is 8.33. The van der Waals surface area contributed by atoms with Gasteiger partial charge in [0.25, 0.3) is 0 Å². The van der Waals surface area contributed by atoms with Gasteiger partial charge in [0, 0.05) is 37.0 Å². The Morgan fingerprint density at radius 2 is 1.92 bits per heavy atom. The van der Waals surface area contributed by atoms with E-state index >= 15 is 0 Å². The Morgan fingerprint density at radius 3 is 2.56 bits per heavy atom. The molecule has 0 amide bonds. The minimum atomic E-state index is -1.16. The molecule has 0 radical (unpaired) electrons. The lowest BCUT2D eigenvalue weighted by Crippen LogP contribution is -2.42. The van der Waals surface area contributed by atoms with Crippen molar-refractivity contribution in [2.24, 2.45) is 0 Å². The van der Waals surface area contributed by atoms with Gasteiger partial charge in [-0.15, -0.1) is 0 Å². The van der Waals surface area contributed by atoms with E-state index in [0.29, 0.717) is 38.2 Å². The summed E-state index contributed by atoms with van der Waals surface area (Å²) >= 11 is 0. The largest absolute Gasteiger partial charge is 0.493 e. The Hall–Kier alpha value is -2.18. The molecule has 1 N–H and O–H groups in total. The van der Waals surface area contributed by atoms with Crippen molar-refractivity contribution < 1.29 is 19.0 Å². The lowest BCUT2D eigenvalue weighted by Gasteiger charge is -2.38. The normalized spacial score (nSPS) is 17.3. The van der Waals surface area contributed by atoms with Gasteiger partial charge in [-0.2, -0.15) is 4.39 Å². The first-order valence-electron chi connectivity index (χ1n) is 8.33. The van der Waals surface area contributed by atoms with E-state index in [4.69, 9.17) is 9.47 Å². The van der Waals surface area contributed by atoms with Crippen LogP contribution in [0.1, 0.15) is 24.0 Å². The Morgan fingerprint density at radius 1 is 1.16 bits per heavy atom. The highest BCUT2D eigenvalue weighted by molar-refractivity contribution is 5.46. The van der Waals surface area contributed by atoms with Gasteiger partial charge in [0.05, 0.1) is 19.8 Å². The van der Waals surface area contributed by atoms with Crippen LogP contribution in [0.15, 0.2) is 36.5 Å². The predicted molar refractivity (Wildman–Crippen MR) is 92.1 cm³/mol. The quantitative estimate of drug-likeness (QED) is 0.844. The fraction of sp³-hybridized carbons (Fsp3) is 0.421. The average Bonchev–Trinajstić information content (AvgIpc) is 2.63. The van der Waals surface area contributed by atoms with E-state index in [2.05, 4.69) is 9.88 Å². The number of aliphatic hydroxyl groups is 1. The molecule has 0 aliphatic carbocycles. The van der Waals surface area contributed by atoms with Crippen LogP contribution >= 0.6 is 0 Å². The van der Waals surface area contributed by atoms with Gasteiger partial charge < -0.3 is 14.6 Å². The summed E-state index contributed by atoms with van der Waals surface area (Å²) < 4.78 is 24.7. The molecule has 1 fully saturated rings. The van der Waals surface area contributed by atoms with Gasteiger partial charge in [-0.05, 0) is 25.0 Å². The Kier molecular flexibility index (Phi) is 5.20. The molecule has 0 atom stereocenters. The fourth-order valence-electron chi connectivity index (χ4n) is 3.40. The Balaban J connectivity index is 1.70. The second-order valence-electron chi connectivity index (χ2n) is 6.30. The monoisotopic (exact) mass is 346 g/mol. The number of hydrogen-bond acceptors (Lipinski definition) is 5. The summed E-state index contributed by atoms with van der Waals surface area (Å²) in [4.78, 5) is 5.88. The summed E-state index contributed by atoms with van der Waals surface area (Å²) in [5.74, 6) is 0.836. The molecule has 2 heterocycles. The number of para-hydroxylation sites is 1. The summed E-state index contributed by atoms with van der Waals surface area (Å²) in [6.45, 7) is 2.00. The highest BCUT2D eigenvalue weighted by Gasteiger charge is 2.36. The van der Waals surface area contributed by atoms with Crippen LogP contribution in [0.4, 0.5) is 4.39 Å². The van der Waals surface area contributed by atoms with Crippen LogP contribution in [0, 0.1) is 5.95 Å². The maximum absolute atomic E-state index is 13.9. The summed E-state index contributed by atoms with van der Waals surface area (Å²) in [6.07, 6.45) is 2.32. The number of ether oxygens (including phenoxy) is 2. The third-order valence-corrected chi connectivity index (χ3v) is 4.82. The molecule has 3 rings (SSSR count). The number of likely N-dealkylation sites (tertiary alicyclic amines) is 1. The number of benzene rings is 1. The molecule has 5 nitrogen and oxygen atoms in total. The highest BCUT2D eigenvalue weighted by atomic mass is 19.1. The molecule has 1 aliphatic rings. The van der Waals surface area contributed by atoms with Gasteiger partial charge in [-0.1, -0.05) is 18.2 Å². The number of piperidine rings is 1. The van der Waals surface area contributed by atoms with Crippen molar-refractivity contribution in [1.82, 2.24) is 9.88 Å². The number of halogens is 1. The molecule has 1 aliphatic heterocycles. The van der Waals surface area contributed by atoms with E-state index in [1.807, 2.05) is 18.2 Å². The number of rotatable bonds is 5. The topological polar surface area (TPSA) is 54.8 Å². The van der Waals surface area contributed by atoms with Crippen molar-refractivity contribution in [3.63, 3.8) is 0 Å². The van der Waals surface area contributed by atoms with Gasteiger partial charge in [0.15, 0.2) is 11.5 Å². The minimum absolute atomic E-state index is 0.286. The summed E-state index contributed by atoms with van der Waals surface area (Å²) in [5.41, 5.74) is 0.154. The molecular weight excluding hydrogens is 323 g/mol. The van der Waals surface area contributed by atoms with E-state index in [1.54, 1.807) is 26.4 Å². The lowest BCUT2D eigenvalue weighted by atomic mass is 9.85. The standard InChI is InChI=1S/C19H23FN2O3/c1-24-16-7-3-5-14(17(16)25-2)13-22-11-8-19(23,9-12-22)15-6-4-10-21-18(15)20/h3-7,10,23H,8-9,11-13H2,1-2H3. The number of pyridine rings is 1. The Labute approximate surface area is 147 Å². The minimum Gasteiger partial charge on any atom is -0.493 e. The summed E-state index contributed by atoms with van der Waals surface area (Å²) in [5, 5.41) is 10.8. The molecule has 0 spiro atoms. The number of methoxy groups -OCH3 is 2.